The van der Waals surface area contributed by atoms with Gasteiger partial charge in [-0.05, 0) is 6.07 Å². The summed E-state index contributed by atoms with van der Waals surface area (Å²) < 4.78 is 9.71. The Morgan fingerprint density at radius 2 is 2.11 bits per heavy atom. The predicted octanol–water partition coefficient (Wildman–Crippen LogP) is 1.36. The van der Waals surface area contributed by atoms with Crippen molar-refractivity contribution in [3.05, 3.63) is 34.6 Å². The van der Waals surface area contributed by atoms with E-state index in [-0.39, 0.29) is 17.3 Å². The summed E-state index contributed by atoms with van der Waals surface area (Å²) >= 11 is 0. The number of ether oxygens (including phenoxy) is 1. The van der Waals surface area contributed by atoms with Gasteiger partial charge in [0.15, 0.2) is 17.3 Å². The van der Waals surface area contributed by atoms with E-state index in [4.69, 9.17) is 9.15 Å². The number of carbonyl (C=O) groups is 1. The van der Waals surface area contributed by atoms with Gasteiger partial charge in [-0.25, -0.2) is 14.8 Å². The maximum Gasteiger partial charge on any atom is 0.433 e. The molecule has 0 unspecified atom stereocenters. The Balaban J connectivity index is 2.17. The van der Waals surface area contributed by atoms with Crippen molar-refractivity contribution in [1.29, 1.82) is 0 Å². The van der Waals surface area contributed by atoms with Gasteiger partial charge in [-0.3, -0.25) is 10.1 Å². The van der Waals surface area contributed by atoms with Gasteiger partial charge < -0.3 is 14.5 Å². The van der Waals surface area contributed by atoms with Crippen molar-refractivity contribution in [3.8, 4) is 17.3 Å². The van der Waals surface area contributed by atoms with Gasteiger partial charge in [0.05, 0.1) is 18.5 Å². The Hall–Kier alpha value is -2.97. The lowest BCUT2D eigenvalue weighted by atomic mass is 10.4. The summed E-state index contributed by atoms with van der Waals surface area (Å²) in [6.07, 6.45) is 1.86. The predicted molar refractivity (Wildman–Crippen MR) is 61.5 cm³/mol. The second kappa shape index (κ2) is 5.12. The van der Waals surface area contributed by atoms with Crippen molar-refractivity contribution in [2.24, 2.45) is 0 Å². The molecular formula is C10H8N4O5. The Kier molecular flexibility index (Phi) is 3.37. The van der Waals surface area contributed by atoms with E-state index in [0.29, 0.717) is 0 Å². The van der Waals surface area contributed by atoms with Crippen LogP contribution in [0.25, 0.3) is 11.6 Å². The fraction of sp³-hybridized carbons (Fsp3) is 0.100. The van der Waals surface area contributed by atoms with Crippen LogP contribution in [0, 0.1) is 10.1 Å². The topological polar surface area (TPSA) is 120 Å². The lowest BCUT2D eigenvalue weighted by molar-refractivity contribution is -0.401. The molecule has 0 bridgehead atoms. The summed E-state index contributed by atoms with van der Waals surface area (Å²) in [5, 5.41) is 12.7. The minimum Gasteiger partial charge on any atom is -0.407 e. The summed E-state index contributed by atoms with van der Waals surface area (Å²) in [5.74, 6) is 0.0454. The number of amides is 1. The fourth-order valence-corrected chi connectivity index (χ4v) is 1.20. The molecule has 98 valence electrons. The summed E-state index contributed by atoms with van der Waals surface area (Å²) in [4.78, 5) is 28.5. The average Bonchev–Trinajstić information content (AvgIpc) is 2.89. The van der Waals surface area contributed by atoms with Crippen LogP contribution in [0.4, 0.5) is 10.7 Å². The highest BCUT2D eigenvalue weighted by molar-refractivity contribution is 5.69. The van der Waals surface area contributed by atoms with Crippen molar-refractivity contribution < 1.29 is 18.9 Å². The third-order valence-corrected chi connectivity index (χ3v) is 2.03. The number of aromatic nitrogens is 2. The van der Waals surface area contributed by atoms with Crippen molar-refractivity contribution in [2.45, 2.75) is 0 Å². The molecule has 1 N–H and O–H groups in total. The van der Waals surface area contributed by atoms with Crippen molar-refractivity contribution in [1.82, 2.24) is 15.3 Å². The summed E-state index contributed by atoms with van der Waals surface area (Å²) in [5.41, 5.74) is 0. The van der Waals surface area contributed by atoms with Gasteiger partial charge >= 0.3 is 12.0 Å². The first kappa shape index (κ1) is 12.5. The summed E-state index contributed by atoms with van der Waals surface area (Å²) in [7, 11) is 1.42. The molecule has 0 aliphatic carbocycles. The molecule has 0 aromatic carbocycles. The van der Waals surface area contributed by atoms with E-state index < -0.39 is 16.9 Å². The molecule has 0 fully saturated rings. The largest absolute Gasteiger partial charge is 0.433 e. The van der Waals surface area contributed by atoms with E-state index in [9.17, 15) is 14.9 Å². The molecule has 9 heteroatoms. The van der Waals surface area contributed by atoms with E-state index in [0.717, 1.165) is 0 Å². The zero-order valence-electron chi connectivity index (χ0n) is 9.69. The number of nitro groups is 1. The van der Waals surface area contributed by atoms with Gasteiger partial charge in [-0.2, -0.15) is 0 Å². The molecule has 0 aliphatic heterocycles. The lowest BCUT2D eigenvalue weighted by Crippen LogP contribution is -2.22. The van der Waals surface area contributed by atoms with Gasteiger partial charge in [-0.15, -0.1) is 0 Å². The second-order valence-corrected chi connectivity index (χ2v) is 3.28. The molecule has 0 radical (unpaired) electrons. The Bertz CT molecular complexity index is 607. The molecule has 2 heterocycles. The minimum absolute atomic E-state index is 0.143. The standard InChI is InChI=1S/C10H8N4O5/c1-11-10(15)18-6-4-12-9(13-5-6)7-2-3-8(19-7)14(16)17/h2-5H,1H3,(H,11,15). The summed E-state index contributed by atoms with van der Waals surface area (Å²) in [6, 6.07) is 2.58. The first-order chi connectivity index (χ1) is 9.10. The molecule has 2 rings (SSSR count). The molecule has 1 amide bonds. The lowest BCUT2D eigenvalue weighted by Gasteiger charge is -2.02. The van der Waals surface area contributed by atoms with Crippen LogP contribution in [-0.2, 0) is 0 Å². The number of nitrogens with zero attached hydrogens (tertiary/aromatic N) is 3. The van der Waals surface area contributed by atoms with Crippen LogP contribution in [-0.4, -0.2) is 28.0 Å². The average molecular weight is 264 g/mol. The highest BCUT2D eigenvalue weighted by atomic mass is 16.6. The van der Waals surface area contributed by atoms with Crippen LogP contribution >= 0.6 is 0 Å². The quantitative estimate of drug-likeness (QED) is 0.656. The molecular weight excluding hydrogens is 256 g/mol. The third kappa shape index (κ3) is 2.83. The van der Waals surface area contributed by atoms with E-state index in [1.807, 2.05) is 0 Å². The zero-order valence-corrected chi connectivity index (χ0v) is 9.69. The maximum atomic E-state index is 10.9. The molecule has 19 heavy (non-hydrogen) atoms. The van der Waals surface area contributed by atoms with Gasteiger partial charge in [0.1, 0.15) is 4.92 Å². The molecule has 0 aliphatic rings. The van der Waals surface area contributed by atoms with Gasteiger partial charge in [0.25, 0.3) is 0 Å². The van der Waals surface area contributed by atoms with E-state index in [1.165, 1.54) is 31.6 Å². The van der Waals surface area contributed by atoms with Gasteiger partial charge in [0.2, 0.25) is 0 Å². The third-order valence-electron chi connectivity index (χ3n) is 2.03. The maximum absolute atomic E-state index is 10.9. The SMILES string of the molecule is CNC(=O)Oc1cnc(-c2ccc([N+](=O)[O-])o2)nc1. The minimum atomic E-state index is -0.660. The summed E-state index contributed by atoms with van der Waals surface area (Å²) in [6.45, 7) is 0. The Labute approximate surface area is 106 Å². The molecule has 2 aromatic rings. The molecule has 2 aromatic heterocycles. The van der Waals surface area contributed by atoms with Crippen LogP contribution in [0.5, 0.6) is 5.75 Å². The number of hydrogen-bond donors (Lipinski definition) is 1. The second-order valence-electron chi connectivity index (χ2n) is 3.28. The Morgan fingerprint density at radius 3 is 2.63 bits per heavy atom. The molecule has 9 nitrogen and oxygen atoms in total. The highest BCUT2D eigenvalue weighted by Gasteiger charge is 2.15. The van der Waals surface area contributed by atoms with Crippen molar-refractivity contribution in [2.75, 3.05) is 7.05 Å². The molecule has 0 saturated carbocycles. The monoisotopic (exact) mass is 264 g/mol. The fourth-order valence-electron chi connectivity index (χ4n) is 1.20. The van der Waals surface area contributed by atoms with Crippen molar-refractivity contribution >= 4 is 12.0 Å². The van der Waals surface area contributed by atoms with E-state index in [2.05, 4.69) is 15.3 Å². The van der Waals surface area contributed by atoms with E-state index >= 15 is 0 Å². The van der Waals surface area contributed by atoms with Gasteiger partial charge in [0, 0.05) is 7.05 Å². The number of carbonyl (C=O) groups excluding carboxylic acids is 1. The molecule has 0 atom stereocenters. The Morgan fingerprint density at radius 1 is 1.42 bits per heavy atom. The first-order valence-corrected chi connectivity index (χ1v) is 5.06. The molecule has 0 saturated heterocycles. The number of nitrogens with one attached hydrogen (secondary N) is 1. The van der Waals surface area contributed by atoms with Crippen LogP contribution in [0.15, 0.2) is 28.9 Å². The first-order valence-electron chi connectivity index (χ1n) is 5.06. The number of furan rings is 1. The van der Waals surface area contributed by atoms with Crippen LogP contribution in [0.1, 0.15) is 0 Å². The smallest absolute Gasteiger partial charge is 0.407 e. The van der Waals surface area contributed by atoms with Crippen LogP contribution in [0.3, 0.4) is 0 Å². The normalized spacial score (nSPS) is 9.95. The van der Waals surface area contributed by atoms with Gasteiger partial charge in [-0.1, -0.05) is 0 Å². The highest BCUT2D eigenvalue weighted by Crippen LogP contribution is 2.23. The van der Waals surface area contributed by atoms with Crippen LogP contribution < -0.4 is 10.1 Å². The molecule has 0 spiro atoms. The van der Waals surface area contributed by atoms with Crippen molar-refractivity contribution in [3.63, 3.8) is 0 Å². The number of rotatable bonds is 3. The number of hydrogen-bond acceptors (Lipinski definition) is 7. The zero-order chi connectivity index (χ0) is 13.8. The van der Waals surface area contributed by atoms with E-state index in [1.54, 1.807) is 0 Å². The van der Waals surface area contributed by atoms with Crippen LogP contribution in [0.2, 0.25) is 0 Å².